The van der Waals surface area contributed by atoms with Crippen LogP contribution in [0.2, 0.25) is 0 Å². The van der Waals surface area contributed by atoms with E-state index in [9.17, 15) is 0 Å². The van der Waals surface area contributed by atoms with Gasteiger partial charge in [-0.3, -0.25) is 4.99 Å². The summed E-state index contributed by atoms with van der Waals surface area (Å²) in [5.41, 5.74) is 6.89. The fourth-order valence-electron chi connectivity index (χ4n) is 3.24. The van der Waals surface area contributed by atoms with Gasteiger partial charge in [-0.2, -0.15) is 0 Å². The number of guanidine groups is 1. The number of benzene rings is 1. The van der Waals surface area contributed by atoms with Crippen LogP contribution >= 0.6 is 0 Å². The molecule has 1 aliphatic heterocycles. The molecule has 2 aromatic rings. The Balaban J connectivity index is 1.45. The van der Waals surface area contributed by atoms with Gasteiger partial charge in [0.05, 0.1) is 6.10 Å². The van der Waals surface area contributed by atoms with Gasteiger partial charge in [-0.05, 0) is 57.4 Å². The second-order valence-electron chi connectivity index (χ2n) is 7.18. The molecule has 7 heteroatoms. The van der Waals surface area contributed by atoms with Gasteiger partial charge in [-0.15, -0.1) is 10.2 Å². The van der Waals surface area contributed by atoms with Crippen molar-refractivity contribution in [2.24, 2.45) is 10.7 Å². The van der Waals surface area contributed by atoms with Crippen LogP contribution < -0.4 is 15.8 Å². The van der Waals surface area contributed by atoms with Crippen molar-refractivity contribution in [3.63, 3.8) is 0 Å². The van der Waals surface area contributed by atoms with Crippen LogP contribution in [0.15, 0.2) is 29.3 Å². The molecule has 1 aromatic heterocycles. The molecular formula is C20H30N6O. The van der Waals surface area contributed by atoms with Gasteiger partial charge in [0.15, 0.2) is 5.96 Å². The van der Waals surface area contributed by atoms with E-state index in [4.69, 9.17) is 10.5 Å². The number of aromatic nitrogens is 3. The summed E-state index contributed by atoms with van der Waals surface area (Å²) in [4.78, 5) is 4.41. The maximum absolute atomic E-state index is 5.99. The summed E-state index contributed by atoms with van der Waals surface area (Å²) in [5.74, 6) is 3.48. The first-order valence-corrected chi connectivity index (χ1v) is 9.86. The Bertz CT molecular complexity index is 750. The zero-order valence-corrected chi connectivity index (χ0v) is 16.3. The SMILES string of the molecule is CC(C)Oc1ccc(NC(N)=NCCCc2nnc3n2CCCCC3)cc1. The van der Waals surface area contributed by atoms with Gasteiger partial charge in [0, 0.05) is 31.6 Å². The van der Waals surface area contributed by atoms with Crippen molar-refractivity contribution in [3.05, 3.63) is 35.9 Å². The molecular weight excluding hydrogens is 340 g/mol. The van der Waals surface area contributed by atoms with Gasteiger partial charge < -0.3 is 20.4 Å². The van der Waals surface area contributed by atoms with E-state index >= 15 is 0 Å². The number of nitrogens with zero attached hydrogens (tertiary/aromatic N) is 4. The minimum Gasteiger partial charge on any atom is -0.491 e. The highest BCUT2D eigenvalue weighted by molar-refractivity contribution is 5.92. The molecule has 27 heavy (non-hydrogen) atoms. The Morgan fingerprint density at radius 3 is 2.81 bits per heavy atom. The van der Waals surface area contributed by atoms with Crippen LogP contribution in [0.1, 0.15) is 51.2 Å². The predicted octanol–water partition coefficient (Wildman–Crippen LogP) is 3.15. The normalized spacial score (nSPS) is 14.7. The van der Waals surface area contributed by atoms with Gasteiger partial charge in [-0.25, -0.2) is 0 Å². The first-order valence-electron chi connectivity index (χ1n) is 9.86. The minimum absolute atomic E-state index is 0.163. The molecule has 0 saturated carbocycles. The number of nitrogens with one attached hydrogen (secondary N) is 1. The molecule has 0 bridgehead atoms. The van der Waals surface area contributed by atoms with E-state index in [0.717, 1.165) is 48.9 Å². The third kappa shape index (κ3) is 5.70. The van der Waals surface area contributed by atoms with Crippen LogP contribution in [0.3, 0.4) is 0 Å². The number of ether oxygens (including phenoxy) is 1. The Kier molecular flexibility index (Phi) is 6.68. The van der Waals surface area contributed by atoms with E-state index in [0.29, 0.717) is 12.5 Å². The van der Waals surface area contributed by atoms with E-state index < -0.39 is 0 Å². The molecule has 0 radical (unpaired) electrons. The molecule has 1 aliphatic rings. The molecule has 7 nitrogen and oxygen atoms in total. The van der Waals surface area contributed by atoms with Crippen LogP contribution in [0.5, 0.6) is 5.75 Å². The first kappa shape index (κ1) is 19.2. The minimum atomic E-state index is 0.163. The zero-order chi connectivity index (χ0) is 19.1. The summed E-state index contributed by atoms with van der Waals surface area (Å²) < 4.78 is 7.92. The van der Waals surface area contributed by atoms with Crippen LogP contribution in [0.4, 0.5) is 5.69 Å². The molecule has 0 spiro atoms. The van der Waals surface area contributed by atoms with Crippen LogP contribution in [0.25, 0.3) is 0 Å². The summed E-state index contributed by atoms with van der Waals surface area (Å²) in [7, 11) is 0. The lowest BCUT2D eigenvalue weighted by atomic mass is 10.2. The average Bonchev–Trinajstić information content (AvgIpc) is 2.86. The lowest BCUT2D eigenvalue weighted by Crippen LogP contribution is -2.23. The fourth-order valence-corrected chi connectivity index (χ4v) is 3.24. The number of aryl methyl sites for hydroxylation is 2. The van der Waals surface area contributed by atoms with Crippen LogP contribution in [0, 0.1) is 0 Å². The Hall–Kier alpha value is -2.57. The summed E-state index contributed by atoms with van der Waals surface area (Å²) in [6.07, 6.45) is 6.70. The molecule has 0 aliphatic carbocycles. The summed E-state index contributed by atoms with van der Waals surface area (Å²) in [6, 6.07) is 7.72. The smallest absolute Gasteiger partial charge is 0.193 e. The lowest BCUT2D eigenvalue weighted by molar-refractivity contribution is 0.242. The highest BCUT2D eigenvalue weighted by Gasteiger charge is 2.13. The summed E-state index contributed by atoms with van der Waals surface area (Å²) in [6.45, 7) is 5.72. The van der Waals surface area contributed by atoms with Crippen molar-refractivity contribution < 1.29 is 4.74 Å². The van der Waals surface area contributed by atoms with Crippen molar-refractivity contribution in [2.45, 2.75) is 65.0 Å². The molecule has 2 heterocycles. The number of fused-ring (bicyclic) bond motifs is 1. The molecule has 0 fully saturated rings. The summed E-state index contributed by atoms with van der Waals surface area (Å²) >= 11 is 0. The van der Waals surface area contributed by atoms with Crippen LogP contribution in [-0.2, 0) is 19.4 Å². The Morgan fingerprint density at radius 2 is 2.04 bits per heavy atom. The average molecular weight is 371 g/mol. The van der Waals surface area contributed by atoms with Gasteiger partial charge in [-0.1, -0.05) is 6.42 Å². The lowest BCUT2D eigenvalue weighted by Gasteiger charge is -2.11. The van der Waals surface area contributed by atoms with E-state index in [2.05, 4.69) is 25.1 Å². The third-order valence-corrected chi connectivity index (χ3v) is 4.53. The van der Waals surface area contributed by atoms with E-state index in [1.54, 1.807) is 0 Å². The second kappa shape index (κ2) is 9.39. The van der Waals surface area contributed by atoms with Crippen molar-refractivity contribution in [1.29, 1.82) is 0 Å². The quantitative estimate of drug-likeness (QED) is 0.444. The number of aliphatic imine (C=N–C) groups is 1. The highest BCUT2D eigenvalue weighted by atomic mass is 16.5. The molecule has 0 unspecified atom stereocenters. The number of rotatable bonds is 7. The Morgan fingerprint density at radius 1 is 1.22 bits per heavy atom. The zero-order valence-electron chi connectivity index (χ0n) is 16.3. The number of hydrogen-bond donors (Lipinski definition) is 2. The maximum Gasteiger partial charge on any atom is 0.193 e. The van der Waals surface area contributed by atoms with Crippen LogP contribution in [-0.4, -0.2) is 33.4 Å². The monoisotopic (exact) mass is 370 g/mol. The topological polar surface area (TPSA) is 90.3 Å². The van der Waals surface area contributed by atoms with Gasteiger partial charge in [0.25, 0.3) is 0 Å². The molecule has 3 rings (SSSR count). The molecule has 3 N–H and O–H groups in total. The van der Waals surface area contributed by atoms with Crippen molar-refractivity contribution in [1.82, 2.24) is 14.8 Å². The fraction of sp³-hybridized carbons (Fsp3) is 0.550. The molecule has 146 valence electrons. The molecule has 1 aromatic carbocycles. The van der Waals surface area contributed by atoms with Crippen molar-refractivity contribution >= 4 is 11.6 Å². The highest BCUT2D eigenvalue weighted by Crippen LogP contribution is 2.17. The van der Waals surface area contributed by atoms with E-state index in [-0.39, 0.29) is 6.10 Å². The third-order valence-electron chi connectivity index (χ3n) is 4.53. The van der Waals surface area contributed by atoms with Gasteiger partial charge in [0.1, 0.15) is 17.4 Å². The van der Waals surface area contributed by atoms with Crippen molar-refractivity contribution in [2.75, 3.05) is 11.9 Å². The Labute approximate surface area is 161 Å². The van der Waals surface area contributed by atoms with Crippen molar-refractivity contribution in [3.8, 4) is 5.75 Å². The van der Waals surface area contributed by atoms with E-state index in [1.165, 1.54) is 19.3 Å². The largest absolute Gasteiger partial charge is 0.491 e. The predicted molar refractivity (Wildman–Crippen MR) is 108 cm³/mol. The molecule has 0 saturated heterocycles. The van der Waals surface area contributed by atoms with E-state index in [1.807, 2.05) is 38.1 Å². The first-order chi connectivity index (χ1) is 13.1. The van der Waals surface area contributed by atoms with Gasteiger partial charge in [0.2, 0.25) is 0 Å². The van der Waals surface area contributed by atoms with Gasteiger partial charge >= 0.3 is 0 Å². The standard InChI is InChI=1S/C20H30N6O/c1-15(2)27-17-11-9-16(10-12-17)23-20(21)22-13-6-8-19-25-24-18-7-4-3-5-14-26(18)19/h9-12,15H,3-8,13-14H2,1-2H3,(H3,21,22,23). The molecule has 0 amide bonds. The maximum atomic E-state index is 5.99. The number of nitrogens with two attached hydrogens (primary N) is 1. The second-order valence-corrected chi connectivity index (χ2v) is 7.18. The summed E-state index contributed by atoms with van der Waals surface area (Å²) in [5, 5.41) is 11.8. The number of anilines is 1. The molecule has 0 atom stereocenters. The number of hydrogen-bond acceptors (Lipinski definition) is 4.